The highest BCUT2D eigenvalue weighted by Crippen LogP contribution is 2.47. The van der Waals surface area contributed by atoms with Crippen LogP contribution >= 0.6 is 23.4 Å². The number of rotatable bonds is 4. The van der Waals surface area contributed by atoms with Gasteiger partial charge in [-0.2, -0.15) is 5.26 Å². The van der Waals surface area contributed by atoms with Crippen LogP contribution in [-0.4, -0.2) is 23.0 Å². The van der Waals surface area contributed by atoms with E-state index >= 15 is 0 Å². The Morgan fingerprint density at radius 3 is 2.52 bits per heavy atom. The summed E-state index contributed by atoms with van der Waals surface area (Å²) in [5, 5.41) is 17.6. The lowest BCUT2D eigenvalue weighted by Gasteiger charge is -2.39. The van der Waals surface area contributed by atoms with E-state index in [0.29, 0.717) is 34.0 Å². The van der Waals surface area contributed by atoms with Gasteiger partial charge in [0, 0.05) is 28.3 Å². The molecule has 7 heteroatoms. The maximum absolute atomic E-state index is 13.2. The zero-order valence-electron chi connectivity index (χ0n) is 18.6. The summed E-state index contributed by atoms with van der Waals surface area (Å²) in [4.78, 5) is 25.5. The van der Waals surface area contributed by atoms with E-state index in [0.717, 1.165) is 11.3 Å². The summed E-state index contributed by atoms with van der Waals surface area (Å²) in [6.07, 6.45) is 1.14. The first-order valence-corrected chi connectivity index (χ1v) is 11.6. The summed E-state index contributed by atoms with van der Waals surface area (Å²) < 4.78 is 0. The van der Waals surface area contributed by atoms with Gasteiger partial charge in [0.25, 0.3) is 0 Å². The second kappa shape index (κ2) is 8.72. The van der Waals surface area contributed by atoms with Crippen molar-refractivity contribution >= 4 is 35.1 Å². The first-order valence-electron chi connectivity index (χ1n) is 10.3. The van der Waals surface area contributed by atoms with Crippen LogP contribution < -0.4 is 10.6 Å². The first kappa shape index (κ1) is 23.4. The highest BCUT2D eigenvalue weighted by Gasteiger charge is 2.42. The molecule has 0 spiro atoms. The van der Waals surface area contributed by atoms with E-state index in [4.69, 9.17) is 11.6 Å². The Bertz CT molecular complexity index is 1010. The molecule has 0 fully saturated rings. The number of benzene rings is 1. The van der Waals surface area contributed by atoms with Crippen molar-refractivity contribution in [1.29, 1.82) is 5.26 Å². The minimum absolute atomic E-state index is 0.0565. The molecule has 1 amide bonds. The number of hydrogen-bond acceptors (Lipinski definition) is 5. The summed E-state index contributed by atoms with van der Waals surface area (Å²) in [5.74, 6) is -0.332. The van der Waals surface area contributed by atoms with Gasteiger partial charge in [0.1, 0.15) is 0 Å². The number of ketones is 1. The number of nitrogens with one attached hydrogen (secondary N) is 2. The van der Waals surface area contributed by atoms with E-state index in [1.807, 2.05) is 32.9 Å². The van der Waals surface area contributed by atoms with Crippen molar-refractivity contribution in [3.05, 3.63) is 56.7 Å². The third-order valence-electron chi connectivity index (χ3n) is 5.19. The van der Waals surface area contributed by atoms with Crippen LogP contribution in [0.15, 0.2) is 46.1 Å². The number of halogens is 1. The van der Waals surface area contributed by atoms with Gasteiger partial charge in [-0.15, -0.1) is 0 Å². The Labute approximate surface area is 193 Å². The lowest BCUT2D eigenvalue weighted by Crippen LogP contribution is -2.42. The fourth-order valence-corrected chi connectivity index (χ4v) is 5.06. The molecule has 1 aromatic carbocycles. The summed E-state index contributed by atoms with van der Waals surface area (Å²) in [5.41, 5.74) is 2.31. The Kier molecular flexibility index (Phi) is 6.59. The van der Waals surface area contributed by atoms with Gasteiger partial charge in [0.2, 0.25) is 5.91 Å². The molecule has 0 saturated heterocycles. The average molecular weight is 458 g/mol. The first-order chi connectivity index (χ1) is 14.4. The van der Waals surface area contributed by atoms with Crippen LogP contribution in [0.2, 0.25) is 5.02 Å². The number of nitrogens with zero attached hydrogens (tertiary/aromatic N) is 1. The minimum atomic E-state index is -0.463. The molecule has 3 rings (SSSR count). The molecule has 2 N–H and O–H groups in total. The monoisotopic (exact) mass is 457 g/mol. The van der Waals surface area contributed by atoms with Crippen LogP contribution in [0.25, 0.3) is 0 Å². The summed E-state index contributed by atoms with van der Waals surface area (Å²) >= 11 is 7.37. The number of thioether (sulfide) groups is 1. The molecule has 1 aliphatic carbocycles. The van der Waals surface area contributed by atoms with Gasteiger partial charge in [-0.05, 0) is 50.3 Å². The second-order valence-electron chi connectivity index (χ2n) is 9.88. The predicted molar refractivity (Wildman–Crippen MR) is 125 cm³/mol. The molecule has 31 heavy (non-hydrogen) atoms. The SMILES string of the molecule is CC1(C)CC(=O)C2=C(C1)NC(SCC(=O)NC(C)(C)C)=C(C#N)[C@H]2c1ccc(Cl)cc1. The van der Waals surface area contributed by atoms with Crippen molar-refractivity contribution in [2.24, 2.45) is 5.41 Å². The number of nitriles is 1. The summed E-state index contributed by atoms with van der Waals surface area (Å²) in [7, 11) is 0. The van der Waals surface area contributed by atoms with Crippen LogP contribution in [0, 0.1) is 16.7 Å². The lowest BCUT2D eigenvalue weighted by atomic mass is 9.69. The molecular formula is C24H28ClN3O2S. The Morgan fingerprint density at radius 1 is 1.29 bits per heavy atom. The van der Waals surface area contributed by atoms with Crippen LogP contribution in [0.4, 0.5) is 0 Å². The topological polar surface area (TPSA) is 82.0 Å². The van der Waals surface area contributed by atoms with Gasteiger partial charge in [0.05, 0.1) is 28.3 Å². The second-order valence-corrected chi connectivity index (χ2v) is 11.3. The van der Waals surface area contributed by atoms with Crippen molar-refractivity contribution in [2.75, 3.05) is 5.75 Å². The highest BCUT2D eigenvalue weighted by atomic mass is 35.5. The highest BCUT2D eigenvalue weighted by molar-refractivity contribution is 8.03. The molecular weight excluding hydrogens is 430 g/mol. The van der Waals surface area contributed by atoms with Crippen molar-refractivity contribution in [3.63, 3.8) is 0 Å². The van der Waals surface area contributed by atoms with E-state index in [-0.39, 0.29) is 28.4 Å². The number of allylic oxidation sites excluding steroid dienone is 3. The number of amides is 1. The molecule has 0 unspecified atom stereocenters. The molecule has 1 atom stereocenters. The molecule has 0 aromatic heterocycles. The maximum atomic E-state index is 13.2. The van der Waals surface area contributed by atoms with Gasteiger partial charge in [0.15, 0.2) is 5.78 Å². The van der Waals surface area contributed by atoms with Gasteiger partial charge >= 0.3 is 0 Å². The standard InChI is InChI=1S/C24H28ClN3O2S/c1-23(2,3)28-19(30)13-31-22-16(12-26)20(14-6-8-15(25)9-7-14)21-17(27-22)10-24(4,5)11-18(21)29/h6-9,20,27H,10-11,13H2,1-5H3,(H,28,30)/t20-/m1/s1. The number of carbonyl (C=O) groups excluding carboxylic acids is 2. The third kappa shape index (κ3) is 5.53. The Balaban J connectivity index is 2.01. The average Bonchev–Trinajstić information content (AvgIpc) is 2.63. The number of hydrogen-bond donors (Lipinski definition) is 2. The fourth-order valence-electron chi connectivity index (χ4n) is 4.07. The molecule has 5 nitrogen and oxygen atoms in total. The van der Waals surface area contributed by atoms with Crippen LogP contribution in [0.1, 0.15) is 58.9 Å². The predicted octanol–water partition coefficient (Wildman–Crippen LogP) is 5.05. The number of Topliss-reactive ketones (excluding diaryl/α,β-unsaturated/α-hetero) is 1. The van der Waals surface area contributed by atoms with Gasteiger partial charge < -0.3 is 10.6 Å². The number of carbonyl (C=O) groups is 2. The molecule has 1 aliphatic heterocycles. The number of dihydropyridines is 1. The van der Waals surface area contributed by atoms with E-state index in [9.17, 15) is 14.9 Å². The molecule has 1 aromatic rings. The molecule has 0 bridgehead atoms. The summed E-state index contributed by atoms with van der Waals surface area (Å²) in [6, 6.07) is 9.58. The normalized spacial score (nSPS) is 20.7. The molecule has 0 saturated carbocycles. The van der Waals surface area contributed by atoms with E-state index < -0.39 is 5.92 Å². The van der Waals surface area contributed by atoms with Crippen molar-refractivity contribution in [3.8, 4) is 6.07 Å². The Morgan fingerprint density at radius 2 is 1.94 bits per heavy atom. The largest absolute Gasteiger partial charge is 0.352 e. The van der Waals surface area contributed by atoms with Crippen LogP contribution in [0.5, 0.6) is 0 Å². The van der Waals surface area contributed by atoms with E-state index in [2.05, 4.69) is 30.6 Å². The zero-order chi connectivity index (χ0) is 23.0. The minimum Gasteiger partial charge on any atom is -0.352 e. The van der Waals surface area contributed by atoms with Crippen molar-refractivity contribution in [1.82, 2.24) is 10.6 Å². The van der Waals surface area contributed by atoms with E-state index in [1.165, 1.54) is 11.8 Å². The molecule has 0 radical (unpaired) electrons. The van der Waals surface area contributed by atoms with Gasteiger partial charge in [-0.1, -0.05) is 49.3 Å². The third-order valence-corrected chi connectivity index (χ3v) is 6.46. The fraction of sp³-hybridized carbons (Fsp3) is 0.458. The van der Waals surface area contributed by atoms with Crippen molar-refractivity contribution in [2.45, 2.75) is 58.9 Å². The quantitative estimate of drug-likeness (QED) is 0.660. The molecule has 164 valence electrons. The summed E-state index contributed by atoms with van der Waals surface area (Å²) in [6.45, 7) is 9.93. The van der Waals surface area contributed by atoms with E-state index in [1.54, 1.807) is 12.1 Å². The Hall–Kier alpha value is -2.23. The van der Waals surface area contributed by atoms with Crippen molar-refractivity contribution < 1.29 is 9.59 Å². The van der Waals surface area contributed by atoms with Gasteiger partial charge in [-0.3, -0.25) is 9.59 Å². The van der Waals surface area contributed by atoms with Gasteiger partial charge in [-0.25, -0.2) is 0 Å². The molecule has 2 aliphatic rings. The zero-order valence-corrected chi connectivity index (χ0v) is 20.1. The lowest BCUT2D eigenvalue weighted by molar-refractivity contribution is -0.120. The maximum Gasteiger partial charge on any atom is 0.230 e. The van der Waals surface area contributed by atoms with Crippen LogP contribution in [-0.2, 0) is 9.59 Å². The smallest absolute Gasteiger partial charge is 0.230 e. The van der Waals surface area contributed by atoms with Crippen LogP contribution in [0.3, 0.4) is 0 Å². The molecule has 1 heterocycles.